The van der Waals surface area contributed by atoms with E-state index >= 15 is 0 Å². The number of alkyl halides is 3. The summed E-state index contributed by atoms with van der Waals surface area (Å²) in [6.45, 7) is 6.63. The number of rotatable bonds is 1. The average Bonchev–Trinajstić information content (AvgIpc) is 2.63. The summed E-state index contributed by atoms with van der Waals surface area (Å²) < 4.78 is 51.1. The van der Waals surface area contributed by atoms with Crippen LogP contribution >= 0.6 is 0 Å². The molecule has 2 atom stereocenters. The smallest absolute Gasteiger partial charge is 0.418 e. The third kappa shape index (κ3) is 3.29. The first kappa shape index (κ1) is 16.9. The molecule has 0 saturated carbocycles. The van der Waals surface area contributed by atoms with Gasteiger partial charge in [-0.25, -0.2) is 4.98 Å². The minimum atomic E-state index is -4.46. The number of hydrogen-bond donors (Lipinski definition) is 0. The van der Waals surface area contributed by atoms with Gasteiger partial charge >= 0.3 is 6.18 Å². The molecule has 23 heavy (non-hydrogen) atoms. The summed E-state index contributed by atoms with van der Waals surface area (Å²) in [5.74, 6) is 0.838. The Labute approximate surface area is 136 Å². The van der Waals surface area contributed by atoms with Crippen molar-refractivity contribution in [3.8, 4) is 0 Å². The van der Waals surface area contributed by atoms with Gasteiger partial charge in [-0.1, -0.05) is 0 Å². The Bertz CT molecular complexity index is 582. The highest BCUT2D eigenvalue weighted by atomic mass is 32.2. The largest absolute Gasteiger partial charge is 0.611 e. The summed E-state index contributed by atoms with van der Waals surface area (Å²) in [6.07, 6.45) is -2.91. The quantitative estimate of drug-likeness (QED) is 0.732. The molecule has 0 N–H and O–H groups in total. The predicted octanol–water partition coefficient (Wildman–Crippen LogP) is 2.51. The zero-order valence-corrected chi connectivity index (χ0v) is 14.0. The minimum absolute atomic E-state index is 0.153. The molecular formula is C15H20F3N3OS. The van der Waals surface area contributed by atoms with E-state index in [0.717, 1.165) is 25.4 Å². The zero-order chi connectivity index (χ0) is 16.8. The number of nitrogens with zero attached hydrogens (tertiary/aromatic N) is 3. The van der Waals surface area contributed by atoms with E-state index in [2.05, 4.69) is 23.7 Å². The lowest BCUT2D eigenvalue weighted by atomic mass is 10.1. The summed E-state index contributed by atoms with van der Waals surface area (Å²) in [4.78, 5) is 8.65. The van der Waals surface area contributed by atoms with E-state index in [1.165, 1.54) is 0 Å². The SMILES string of the molecule is CC(C)N1CCN2c3ncc(C(F)(F)F)cc3[S@@+]([O-])CC[C@H]2C1. The monoisotopic (exact) mass is 347 g/mol. The second kappa shape index (κ2) is 6.14. The molecule has 0 aliphatic carbocycles. The van der Waals surface area contributed by atoms with Crippen molar-refractivity contribution in [1.29, 1.82) is 0 Å². The Hall–Kier alpha value is -0.990. The normalized spacial score (nSPS) is 26.0. The maximum atomic E-state index is 12.9. The molecule has 8 heteroatoms. The van der Waals surface area contributed by atoms with Crippen LogP contribution in [0.25, 0.3) is 0 Å². The zero-order valence-electron chi connectivity index (χ0n) is 13.1. The average molecular weight is 347 g/mol. The van der Waals surface area contributed by atoms with Crippen molar-refractivity contribution in [3.05, 3.63) is 17.8 Å². The number of piperazine rings is 1. The van der Waals surface area contributed by atoms with Crippen LogP contribution in [0.3, 0.4) is 0 Å². The molecule has 0 spiro atoms. The van der Waals surface area contributed by atoms with Gasteiger partial charge in [-0.15, -0.1) is 0 Å². The molecule has 4 nitrogen and oxygen atoms in total. The highest BCUT2D eigenvalue weighted by molar-refractivity contribution is 7.91. The second-order valence-corrected chi connectivity index (χ2v) is 7.86. The third-order valence-corrected chi connectivity index (χ3v) is 5.96. The molecule has 2 aliphatic heterocycles. The molecule has 3 rings (SSSR count). The summed E-state index contributed by atoms with van der Waals surface area (Å²) in [7, 11) is 0. The first-order chi connectivity index (χ1) is 10.8. The van der Waals surface area contributed by atoms with Crippen LogP contribution < -0.4 is 4.90 Å². The van der Waals surface area contributed by atoms with Gasteiger partial charge in [0, 0.05) is 50.4 Å². The minimum Gasteiger partial charge on any atom is -0.611 e. The van der Waals surface area contributed by atoms with Crippen molar-refractivity contribution in [3.63, 3.8) is 0 Å². The predicted molar refractivity (Wildman–Crippen MR) is 83.0 cm³/mol. The van der Waals surface area contributed by atoms with Crippen LogP contribution in [0.1, 0.15) is 25.8 Å². The van der Waals surface area contributed by atoms with Gasteiger partial charge in [0.15, 0.2) is 10.7 Å². The van der Waals surface area contributed by atoms with Crippen LogP contribution in [0.2, 0.25) is 0 Å². The van der Waals surface area contributed by atoms with E-state index in [0.29, 0.717) is 30.6 Å². The van der Waals surface area contributed by atoms with Crippen molar-refractivity contribution < 1.29 is 17.7 Å². The topological polar surface area (TPSA) is 42.4 Å². The molecule has 0 radical (unpaired) electrons. The van der Waals surface area contributed by atoms with Crippen LogP contribution in [0.5, 0.6) is 0 Å². The van der Waals surface area contributed by atoms with Crippen molar-refractivity contribution >= 4 is 17.0 Å². The number of anilines is 1. The Balaban J connectivity index is 1.95. The molecule has 2 aliphatic rings. The number of fused-ring (bicyclic) bond motifs is 3. The van der Waals surface area contributed by atoms with Crippen molar-refractivity contribution in [2.75, 3.05) is 30.3 Å². The fourth-order valence-corrected chi connectivity index (χ4v) is 4.54. The van der Waals surface area contributed by atoms with E-state index in [9.17, 15) is 17.7 Å². The molecule has 1 aromatic rings. The van der Waals surface area contributed by atoms with Gasteiger partial charge in [0.05, 0.1) is 5.56 Å². The molecule has 1 fully saturated rings. The Kier molecular flexibility index (Phi) is 4.50. The molecule has 0 aromatic carbocycles. The van der Waals surface area contributed by atoms with Crippen LogP contribution in [0.15, 0.2) is 17.2 Å². The lowest BCUT2D eigenvalue weighted by Crippen LogP contribution is -2.55. The summed E-state index contributed by atoms with van der Waals surface area (Å²) in [6, 6.07) is 1.59. The van der Waals surface area contributed by atoms with Gasteiger partial charge in [-0.05, 0) is 25.0 Å². The summed E-state index contributed by atoms with van der Waals surface area (Å²) in [5, 5.41) is 0. The molecule has 1 saturated heterocycles. The fourth-order valence-electron chi connectivity index (χ4n) is 3.20. The van der Waals surface area contributed by atoms with Gasteiger partial charge in [0.1, 0.15) is 5.75 Å². The lowest BCUT2D eigenvalue weighted by Gasteiger charge is -2.42. The first-order valence-corrected chi connectivity index (χ1v) is 9.05. The van der Waals surface area contributed by atoms with Gasteiger partial charge in [0.25, 0.3) is 0 Å². The van der Waals surface area contributed by atoms with Crippen LogP contribution in [0, 0.1) is 0 Å². The second-order valence-electron chi connectivity index (χ2n) is 6.32. The maximum absolute atomic E-state index is 12.9. The molecule has 0 bridgehead atoms. The number of aromatic nitrogens is 1. The van der Waals surface area contributed by atoms with Gasteiger partial charge in [-0.2, -0.15) is 13.2 Å². The van der Waals surface area contributed by atoms with E-state index in [1.807, 2.05) is 4.90 Å². The molecule has 128 valence electrons. The number of pyridine rings is 1. The molecular weight excluding hydrogens is 327 g/mol. The van der Waals surface area contributed by atoms with Gasteiger partial charge in [0.2, 0.25) is 0 Å². The van der Waals surface area contributed by atoms with Crippen molar-refractivity contribution in [1.82, 2.24) is 9.88 Å². The lowest BCUT2D eigenvalue weighted by molar-refractivity contribution is -0.138. The van der Waals surface area contributed by atoms with Crippen LogP contribution in [-0.2, 0) is 17.4 Å². The molecule has 3 heterocycles. The van der Waals surface area contributed by atoms with Crippen molar-refractivity contribution in [2.24, 2.45) is 0 Å². The van der Waals surface area contributed by atoms with E-state index < -0.39 is 22.9 Å². The van der Waals surface area contributed by atoms with Crippen LogP contribution in [-0.4, -0.2) is 51.9 Å². The van der Waals surface area contributed by atoms with E-state index in [1.54, 1.807) is 0 Å². The summed E-state index contributed by atoms with van der Waals surface area (Å²) in [5.41, 5.74) is -0.830. The third-order valence-electron chi connectivity index (χ3n) is 4.56. The van der Waals surface area contributed by atoms with E-state index in [-0.39, 0.29) is 10.9 Å². The Morgan fingerprint density at radius 1 is 1.35 bits per heavy atom. The number of hydrogen-bond acceptors (Lipinski definition) is 4. The van der Waals surface area contributed by atoms with Gasteiger partial charge < -0.3 is 9.45 Å². The highest BCUT2D eigenvalue weighted by Gasteiger charge is 2.39. The molecule has 0 unspecified atom stereocenters. The Morgan fingerprint density at radius 3 is 2.74 bits per heavy atom. The fraction of sp³-hybridized carbons (Fsp3) is 0.667. The van der Waals surface area contributed by atoms with Crippen molar-refractivity contribution in [2.45, 2.75) is 43.4 Å². The molecule has 0 amide bonds. The van der Waals surface area contributed by atoms with Crippen LogP contribution in [0.4, 0.5) is 19.0 Å². The Morgan fingerprint density at radius 2 is 2.09 bits per heavy atom. The molecule has 1 aromatic heterocycles. The highest BCUT2D eigenvalue weighted by Crippen LogP contribution is 2.37. The summed E-state index contributed by atoms with van der Waals surface area (Å²) >= 11 is -1.44. The number of halogens is 3. The first-order valence-electron chi connectivity index (χ1n) is 7.73. The van der Waals surface area contributed by atoms with E-state index in [4.69, 9.17) is 0 Å². The standard InChI is InChI=1S/C15H20F3N3OS/c1-10(2)20-4-5-21-12(9-20)3-6-23(22)13-7-11(15(16,17)18)8-19-14(13)21/h7-8,10,12H,3-6,9H2,1-2H3/t12-,23-/m0/s1. The maximum Gasteiger partial charge on any atom is 0.418 e. The van der Waals surface area contributed by atoms with Gasteiger partial charge in [-0.3, -0.25) is 4.90 Å².